The zero-order chi connectivity index (χ0) is 49.0. The van der Waals surface area contributed by atoms with Crippen molar-refractivity contribution in [2.75, 3.05) is 54.1 Å². The standard InChI is InChI=1S/C58H102NO7P/c1-6-8-10-12-14-16-18-20-22-24-26-27-28-29-30-31-32-34-36-38-40-42-44-46-48-50-53-63-55-57(56-65-67(61,62)64-54-52-59(3,4)5)66-58(60)51-49-47-45-43-41-39-37-35-33-25-23-21-19-17-15-13-11-9-7-2/h8-11,14-17,20-23,26-27,33,35,57H,6-7,12-13,18-19,24-25,28-32,34,36-56H2,1-5H3/p+1/b10-8-,11-9-,16-14-,17-15-,22-20-,23-21-,27-26-,35-33-. The summed E-state index contributed by atoms with van der Waals surface area (Å²) in [5.41, 5.74) is 0. The number of quaternary nitrogens is 1. The molecule has 2 unspecified atom stereocenters. The van der Waals surface area contributed by atoms with Gasteiger partial charge >= 0.3 is 13.8 Å². The zero-order valence-electron chi connectivity index (χ0n) is 43.9. The van der Waals surface area contributed by atoms with Crippen LogP contribution in [0.1, 0.15) is 206 Å². The van der Waals surface area contributed by atoms with Crippen LogP contribution >= 0.6 is 7.82 Å². The number of hydrogen-bond donors (Lipinski definition) is 1. The number of unbranched alkanes of at least 4 members (excludes halogenated alkanes) is 19. The van der Waals surface area contributed by atoms with Gasteiger partial charge in [0.1, 0.15) is 19.3 Å². The van der Waals surface area contributed by atoms with Gasteiger partial charge in [-0.2, -0.15) is 0 Å². The van der Waals surface area contributed by atoms with Crippen LogP contribution in [0.4, 0.5) is 0 Å². The third-order valence-corrected chi connectivity index (χ3v) is 12.1. The normalized spacial score (nSPS) is 14.3. The molecule has 0 amide bonds. The molecule has 1 N–H and O–H groups in total. The number of ether oxygens (including phenoxy) is 2. The van der Waals surface area contributed by atoms with Crippen molar-refractivity contribution in [3.63, 3.8) is 0 Å². The van der Waals surface area contributed by atoms with Gasteiger partial charge in [0, 0.05) is 13.0 Å². The van der Waals surface area contributed by atoms with Crippen molar-refractivity contribution in [2.24, 2.45) is 0 Å². The third kappa shape index (κ3) is 54.2. The third-order valence-electron chi connectivity index (χ3n) is 11.1. The molecule has 0 spiro atoms. The number of allylic oxidation sites excluding steroid dienone is 16. The van der Waals surface area contributed by atoms with Gasteiger partial charge in [-0.05, 0) is 89.9 Å². The highest BCUT2D eigenvalue weighted by Crippen LogP contribution is 2.43. The van der Waals surface area contributed by atoms with Crippen molar-refractivity contribution < 1.29 is 37.3 Å². The predicted molar refractivity (Wildman–Crippen MR) is 288 cm³/mol. The van der Waals surface area contributed by atoms with Crippen molar-refractivity contribution in [2.45, 2.75) is 213 Å². The van der Waals surface area contributed by atoms with E-state index in [0.29, 0.717) is 24.1 Å². The minimum absolute atomic E-state index is 0.0806. The Kier molecular flexibility index (Phi) is 47.9. The summed E-state index contributed by atoms with van der Waals surface area (Å²) in [6.45, 7) is 5.37. The Morgan fingerprint density at radius 3 is 1.22 bits per heavy atom. The van der Waals surface area contributed by atoms with Crippen LogP contribution in [-0.4, -0.2) is 75.6 Å². The molecular formula is C58H103NO7P+. The summed E-state index contributed by atoms with van der Waals surface area (Å²) in [4.78, 5) is 23.0. The first-order valence-electron chi connectivity index (χ1n) is 27.0. The average Bonchev–Trinajstić information content (AvgIpc) is 3.29. The number of carbonyl (C=O) groups is 1. The smallest absolute Gasteiger partial charge is 0.457 e. The summed E-state index contributed by atoms with van der Waals surface area (Å²) >= 11 is 0. The summed E-state index contributed by atoms with van der Waals surface area (Å²) < 4.78 is 35.2. The summed E-state index contributed by atoms with van der Waals surface area (Å²) in [6.07, 6.45) is 68.9. The van der Waals surface area contributed by atoms with E-state index in [1.165, 1.54) is 89.9 Å². The molecule has 0 aliphatic carbocycles. The quantitative estimate of drug-likeness (QED) is 0.0213. The molecule has 0 aromatic rings. The van der Waals surface area contributed by atoms with Crippen LogP contribution in [0.2, 0.25) is 0 Å². The van der Waals surface area contributed by atoms with E-state index in [1.807, 2.05) is 21.1 Å². The molecule has 67 heavy (non-hydrogen) atoms. The lowest BCUT2D eigenvalue weighted by molar-refractivity contribution is -0.870. The molecule has 0 saturated heterocycles. The molecule has 9 heteroatoms. The van der Waals surface area contributed by atoms with Gasteiger partial charge in [0.25, 0.3) is 0 Å². The molecule has 0 rings (SSSR count). The number of hydrogen-bond acceptors (Lipinski definition) is 6. The maximum absolute atomic E-state index is 12.8. The van der Waals surface area contributed by atoms with E-state index >= 15 is 0 Å². The molecule has 0 aromatic heterocycles. The maximum atomic E-state index is 12.8. The van der Waals surface area contributed by atoms with Gasteiger partial charge in [-0.3, -0.25) is 13.8 Å². The number of carbonyl (C=O) groups excluding carboxylic acids is 1. The Hall–Kier alpha value is -2.58. The predicted octanol–water partition coefficient (Wildman–Crippen LogP) is 16.9. The number of phosphoric acid groups is 1. The largest absolute Gasteiger partial charge is 0.472 e. The van der Waals surface area contributed by atoms with E-state index in [1.54, 1.807) is 0 Å². The SMILES string of the molecule is CC/C=C\C/C=C\C/C=C\C/C=C\CCCCCCCCCCCCCCCOCC(COP(=O)(O)OCC[N+](C)(C)C)OC(=O)CCCCCCCC/C=C\C/C=C\C/C=C\C/C=C\CC. The average molecular weight is 957 g/mol. The van der Waals surface area contributed by atoms with Gasteiger partial charge < -0.3 is 18.9 Å². The first-order chi connectivity index (χ1) is 32.6. The minimum Gasteiger partial charge on any atom is -0.457 e. The molecule has 0 aromatic carbocycles. The lowest BCUT2D eigenvalue weighted by Crippen LogP contribution is -2.37. The first-order valence-corrected chi connectivity index (χ1v) is 28.5. The fraction of sp³-hybridized carbons (Fsp3) is 0.707. The highest BCUT2D eigenvalue weighted by atomic mass is 31.2. The Bertz CT molecular complexity index is 1390. The second kappa shape index (κ2) is 49.8. The minimum atomic E-state index is -4.29. The van der Waals surface area contributed by atoms with E-state index in [4.69, 9.17) is 18.5 Å². The van der Waals surface area contributed by atoms with Gasteiger partial charge in [0.05, 0.1) is 34.4 Å². The van der Waals surface area contributed by atoms with Crippen molar-refractivity contribution >= 4 is 13.8 Å². The summed E-state index contributed by atoms with van der Waals surface area (Å²) in [5.74, 6) is -0.330. The number of likely N-dealkylation sites (N-methyl/N-ethyl adjacent to an activating group) is 1. The maximum Gasteiger partial charge on any atom is 0.472 e. The van der Waals surface area contributed by atoms with Gasteiger partial charge in [0.2, 0.25) is 0 Å². The molecule has 0 radical (unpaired) electrons. The molecule has 0 heterocycles. The summed E-state index contributed by atoms with van der Waals surface area (Å²) in [6, 6.07) is 0. The van der Waals surface area contributed by atoms with Crippen LogP contribution in [-0.2, 0) is 27.9 Å². The van der Waals surface area contributed by atoms with Crippen molar-refractivity contribution in [1.82, 2.24) is 0 Å². The Morgan fingerprint density at radius 1 is 0.463 bits per heavy atom. The lowest BCUT2D eigenvalue weighted by Gasteiger charge is -2.24. The molecule has 2 atom stereocenters. The first kappa shape index (κ1) is 64.4. The van der Waals surface area contributed by atoms with Crippen molar-refractivity contribution in [3.8, 4) is 0 Å². The van der Waals surface area contributed by atoms with E-state index in [-0.39, 0.29) is 25.8 Å². The monoisotopic (exact) mass is 957 g/mol. The van der Waals surface area contributed by atoms with Crippen LogP contribution in [0.15, 0.2) is 97.2 Å². The lowest BCUT2D eigenvalue weighted by atomic mass is 10.0. The highest BCUT2D eigenvalue weighted by molar-refractivity contribution is 7.47. The van der Waals surface area contributed by atoms with Gasteiger partial charge in [-0.15, -0.1) is 0 Å². The van der Waals surface area contributed by atoms with Crippen LogP contribution < -0.4 is 0 Å². The van der Waals surface area contributed by atoms with E-state index in [0.717, 1.165) is 96.3 Å². The number of esters is 1. The van der Waals surface area contributed by atoms with Crippen LogP contribution in [0, 0.1) is 0 Å². The fourth-order valence-electron chi connectivity index (χ4n) is 7.07. The Balaban J connectivity index is 4.13. The van der Waals surface area contributed by atoms with Crippen molar-refractivity contribution in [3.05, 3.63) is 97.2 Å². The number of rotatable bonds is 49. The van der Waals surface area contributed by atoms with E-state index in [2.05, 4.69) is 111 Å². The number of phosphoric ester groups is 1. The summed E-state index contributed by atoms with van der Waals surface area (Å²) in [5, 5.41) is 0. The molecule has 0 aliphatic rings. The zero-order valence-corrected chi connectivity index (χ0v) is 44.7. The van der Waals surface area contributed by atoms with Crippen molar-refractivity contribution in [1.29, 1.82) is 0 Å². The van der Waals surface area contributed by atoms with E-state index < -0.39 is 13.9 Å². The molecular weight excluding hydrogens is 854 g/mol. The summed E-state index contributed by atoms with van der Waals surface area (Å²) in [7, 11) is 1.65. The molecule has 0 saturated carbocycles. The molecule has 0 aliphatic heterocycles. The molecule has 8 nitrogen and oxygen atoms in total. The van der Waals surface area contributed by atoms with Gasteiger partial charge in [-0.1, -0.05) is 207 Å². The number of nitrogens with zero attached hydrogens (tertiary/aromatic N) is 1. The van der Waals surface area contributed by atoms with Gasteiger partial charge in [-0.25, -0.2) is 4.57 Å². The van der Waals surface area contributed by atoms with Crippen LogP contribution in [0.25, 0.3) is 0 Å². The fourth-order valence-corrected chi connectivity index (χ4v) is 7.81. The topological polar surface area (TPSA) is 91.3 Å². The molecule has 0 fully saturated rings. The van der Waals surface area contributed by atoms with E-state index in [9.17, 15) is 14.3 Å². The van der Waals surface area contributed by atoms with Gasteiger partial charge in [0.15, 0.2) is 0 Å². The highest BCUT2D eigenvalue weighted by Gasteiger charge is 2.26. The second-order valence-corrected chi connectivity index (χ2v) is 20.3. The Labute approximate surface area is 413 Å². The second-order valence-electron chi connectivity index (χ2n) is 18.8. The molecule has 386 valence electrons. The Morgan fingerprint density at radius 2 is 0.821 bits per heavy atom. The van der Waals surface area contributed by atoms with Crippen LogP contribution in [0.3, 0.4) is 0 Å². The van der Waals surface area contributed by atoms with Crippen LogP contribution in [0.5, 0.6) is 0 Å². The molecule has 0 bridgehead atoms.